The second-order valence-corrected chi connectivity index (χ2v) is 6.72. The van der Waals surface area contributed by atoms with Gasteiger partial charge in [0, 0.05) is 44.5 Å². The Labute approximate surface area is 166 Å². The van der Waals surface area contributed by atoms with E-state index in [1.807, 2.05) is 12.1 Å². The van der Waals surface area contributed by atoms with Crippen molar-refractivity contribution < 1.29 is 37.3 Å². The maximum Gasteiger partial charge on any atom is 0.490 e. The van der Waals surface area contributed by atoms with Gasteiger partial charge in [0.25, 0.3) is 0 Å². The Morgan fingerprint density at radius 3 is 2.72 bits per heavy atom. The second kappa shape index (κ2) is 9.88. The molecule has 8 nitrogen and oxygen atoms in total. The number of likely N-dealkylation sites (tertiary alicyclic amines) is 1. The van der Waals surface area contributed by atoms with Crippen LogP contribution in [0.5, 0.6) is 5.88 Å². The van der Waals surface area contributed by atoms with Crippen LogP contribution in [0.2, 0.25) is 0 Å². The van der Waals surface area contributed by atoms with Crippen LogP contribution in [0.1, 0.15) is 18.4 Å². The average Bonchev–Trinajstić information content (AvgIpc) is 3.16. The summed E-state index contributed by atoms with van der Waals surface area (Å²) in [7, 11) is 3.33. The normalized spacial score (nSPS) is 24.1. The van der Waals surface area contributed by atoms with Crippen molar-refractivity contribution in [1.29, 1.82) is 0 Å². The molecule has 3 atom stereocenters. The standard InChI is InChI=1S/C16H23N3O3.C2HF3O2/c1-17-15(20)12-8-14-13(5-7-22-14)19(10-12)9-11-4-3-6-18-16(11)21-2;3-2(4,5)1(6)7/h3-4,6,12-14H,5,7-10H2,1-2H3,(H,17,20);(H,6,7)/t12-,13+,14+;/m0./s1. The fourth-order valence-corrected chi connectivity index (χ4v) is 3.58. The molecule has 2 aliphatic heterocycles. The topological polar surface area (TPSA) is 101 Å². The number of methoxy groups -OCH3 is 1. The molecule has 0 radical (unpaired) electrons. The number of carboxylic acid groups (broad SMARTS) is 1. The summed E-state index contributed by atoms with van der Waals surface area (Å²) in [5.74, 6) is -2.03. The van der Waals surface area contributed by atoms with Gasteiger partial charge in [-0.1, -0.05) is 6.07 Å². The van der Waals surface area contributed by atoms with Gasteiger partial charge >= 0.3 is 12.1 Å². The second-order valence-electron chi connectivity index (χ2n) is 6.72. The van der Waals surface area contributed by atoms with Crippen LogP contribution in [0.25, 0.3) is 0 Å². The lowest BCUT2D eigenvalue weighted by molar-refractivity contribution is -0.192. The molecule has 29 heavy (non-hydrogen) atoms. The molecule has 11 heteroatoms. The fourth-order valence-electron chi connectivity index (χ4n) is 3.58. The van der Waals surface area contributed by atoms with Gasteiger partial charge < -0.3 is 19.9 Å². The highest BCUT2D eigenvalue weighted by Crippen LogP contribution is 2.33. The molecular weight excluding hydrogens is 395 g/mol. The summed E-state index contributed by atoms with van der Waals surface area (Å²) in [5.41, 5.74) is 1.05. The summed E-state index contributed by atoms with van der Waals surface area (Å²) < 4.78 is 42.9. The molecule has 0 aliphatic carbocycles. The highest BCUT2D eigenvalue weighted by molar-refractivity contribution is 5.78. The first-order valence-corrected chi connectivity index (χ1v) is 9.02. The van der Waals surface area contributed by atoms with Crippen LogP contribution in [0.4, 0.5) is 13.2 Å². The largest absolute Gasteiger partial charge is 0.490 e. The molecule has 0 saturated carbocycles. The SMILES string of the molecule is CNC(=O)[C@H]1C[C@H]2OCC[C@H]2N(Cc2cccnc2OC)C1.O=C(O)C(F)(F)F. The van der Waals surface area contributed by atoms with Crippen molar-refractivity contribution in [2.75, 3.05) is 27.3 Å². The quantitative estimate of drug-likeness (QED) is 0.762. The van der Waals surface area contributed by atoms with Crippen LogP contribution in [0.3, 0.4) is 0 Å². The van der Waals surface area contributed by atoms with Crippen LogP contribution in [-0.2, 0) is 20.9 Å². The lowest BCUT2D eigenvalue weighted by atomic mass is 9.89. The number of aliphatic carboxylic acids is 1. The predicted octanol–water partition coefficient (Wildman–Crippen LogP) is 1.45. The van der Waals surface area contributed by atoms with Crippen molar-refractivity contribution in [2.45, 2.75) is 37.7 Å². The number of piperidine rings is 1. The number of carboxylic acids is 1. The molecule has 0 bridgehead atoms. The molecule has 1 amide bonds. The number of carbonyl (C=O) groups excluding carboxylic acids is 1. The zero-order valence-corrected chi connectivity index (χ0v) is 16.1. The number of fused-ring (bicyclic) bond motifs is 1. The van der Waals surface area contributed by atoms with E-state index in [-0.39, 0.29) is 17.9 Å². The number of pyridine rings is 1. The van der Waals surface area contributed by atoms with Crippen LogP contribution >= 0.6 is 0 Å². The van der Waals surface area contributed by atoms with Crippen LogP contribution in [0.15, 0.2) is 18.3 Å². The van der Waals surface area contributed by atoms with E-state index in [0.717, 1.165) is 38.1 Å². The third-order valence-electron chi connectivity index (χ3n) is 4.89. The van der Waals surface area contributed by atoms with Gasteiger partial charge in [0.15, 0.2) is 0 Å². The Balaban J connectivity index is 0.000000370. The van der Waals surface area contributed by atoms with Crippen LogP contribution in [0, 0.1) is 5.92 Å². The number of ether oxygens (including phenoxy) is 2. The van der Waals surface area contributed by atoms with E-state index in [4.69, 9.17) is 19.4 Å². The van der Waals surface area contributed by atoms with E-state index >= 15 is 0 Å². The number of halogens is 3. The number of alkyl halides is 3. The minimum atomic E-state index is -5.08. The first kappa shape index (κ1) is 22.9. The molecule has 0 unspecified atom stereocenters. The summed E-state index contributed by atoms with van der Waals surface area (Å²) in [5, 5.41) is 9.89. The summed E-state index contributed by atoms with van der Waals surface area (Å²) in [4.78, 5) is 27.5. The molecule has 2 aliphatic rings. The van der Waals surface area contributed by atoms with Gasteiger partial charge in [0.2, 0.25) is 11.8 Å². The van der Waals surface area contributed by atoms with Crippen LogP contribution in [-0.4, -0.2) is 72.5 Å². The molecule has 3 rings (SSSR count). The van der Waals surface area contributed by atoms with Gasteiger partial charge in [-0.25, -0.2) is 9.78 Å². The molecule has 1 aromatic rings. The molecule has 162 valence electrons. The molecule has 2 fully saturated rings. The van der Waals surface area contributed by atoms with E-state index in [1.165, 1.54) is 0 Å². The van der Waals surface area contributed by atoms with Crippen molar-refractivity contribution in [1.82, 2.24) is 15.2 Å². The van der Waals surface area contributed by atoms with E-state index in [2.05, 4.69) is 15.2 Å². The Hall–Kier alpha value is -2.40. The maximum absolute atomic E-state index is 12.0. The molecule has 1 aromatic heterocycles. The number of hydrogen-bond acceptors (Lipinski definition) is 6. The number of amides is 1. The van der Waals surface area contributed by atoms with E-state index in [0.29, 0.717) is 11.9 Å². The summed E-state index contributed by atoms with van der Waals surface area (Å²) in [6, 6.07) is 4.33. The summed E-state index contributed by atoms with van der Waals surface area (Å²) in [6.07, 6.45) is -1.37. The minimum absolute atomic E-state index is 0.0213. The molecule has 0 aromatic carbocycles. The minimum Gasteiger partial charge on any atom is -0.481 e. The first-order valence-electron chi connectivity index (χ1n) is 9.02. The average molecular weight is 419 g/mol. The smallest absolute Gasteiger partial charge is 0.481 e. The number of carbonyl (C=O) groups is 2. The van der Waals surface area contributed by atoms with E-state index in [1.54, 1.807) is 20.4 Å². The van der Waals surface area contributed by atoms with Crippen molar-refractivity contribution in [2.24, 2.45) is 5.92 Å². The zero-order valence-electron chi connectivity index (χ0n) is 16.1. The Kier molecular flexibility index (Phi) is 7.80. The Bertz CT molecular complexity index is 716. The molecular formula is C18H24F3N3O5. The lowest BCUT2D eigenvalue weighted by Gasteiger charge is -2.40. The Morgan fingerprint density at radius 2 is 2.14 bits per heavy atom. The lowest BCUT2D eigenvalue weighted by Crippen LogP contribution is -2.52. The van der Waals surface area contributed by atoms with Gasteiger partial charge in [-0.2, -0.15) is 13.2 Å². The van der Waals surface area contributed by atoms with Gasteiger partial charge in [-0.3, -0.25) is 9.69 Å². The first-order chi connectivity index (χ1) is 13.7. The number of nitrogens with one attached hydrogen (secondary N) is 1. The van der Waals surface area contributed by atoms with Crippen molar-refractivity contribution >= 4 is 11.9 Å². The molecule has 0 spiro atoms. The van der Waals surface area contributed by atoms with Crippen LogP contribution < -0.4 is 10.1 Å². The molecule has 2 N–H and O–H groups in total. The van der Waals surface area contributed by atoms with Crippen molar-refractivity contribution in [3.8, 4) is 5.88 Å². The van der Waals surface area contributed by atoms with Gasteiger partial charge in [0.05, 0.1) is 19.1 Å². The van der Waals surface area contributed by atoms with Crippen molar-refractivity contribution in [3.63, 3.8) is 0 Å². The maximum atomic E-state index is 12.0. The summed E-state index contributed by atoms with van der Waals surface area (Å²) >= 11 is 0. The van der Waals surface area contributed by atoms with Gasteiger partial charge in [-0.15, -0.1) is 0 Å². The number of aromatic nitrogens is 1. The fraction of sp³-hybridized carbons (Fsp3) is 0.611. The van der Waals surface area contributed by atoms with Crippen molar-refractivity contribution in [3.05, 3.63) is 23.9 Å². The predicted molar refractivity (Wildman–Crippen MR) is 95.2 cm³/mol. The number of hydrogen-bond donors (Lipinski definition) is 2. The van der Waals surface area contributed by atoms with Gasteiger partial charge in [0.1, 0.15) is 0 Å². The van der Waals surface area contributed by atoms with E-state index in [9.17, 15) is 18.0 Å². The third kappa shape index (κ3) is 6.04. The summed E-state index contributed by atoms with van der Waals surface area (Å²) in [6.45, 7) is 2.26. The molecule has 2 saturated heterocycles. The van der Waals surface area contributed by atoms with E-state index < -0.39 is 12.1 Å². The molecule has 3 heterocycles. The van der Waals surface area contributed by atoms with Gasteiger partial charge in [-0.05, 0) is 18.9 Å². The zero-order chi connectivity index (χ0) is 21.6. The third-order valence-corrected chi connectivity index (χ3v) is 4.89. The Morgan fingerprint density at radius 1 is 1.45 bits per heavy atom. The highest BCUT2D eigenvalue weighted by Gasteiger charge is 2.42. The monoisotopic (exact) mass is 419 g/mol. The number of nitrogens with zero attached hydrogens (tertiary/aromatic N) is 2. The highest BCUT2D eigenvalue weighted by atomic mass is 19.4. The number of rotatable bonds is 4.